The van der Waals surface area contributed by atoms with Crippen LogP contribution in [0.3, 0.4) is 0 Å². The number of nitrogens with zero attached hydrogens (tertiary/aromatic N) is 1. The molecule has 1 saturated carbocycles. The molecule has 0 saturated heterocycles. The van der Waals surface area contributed by atoms with Gasteiger partial charge < -0.3 is 19.9 Å². The summed E-state index contributed by atoms with van der Waals surface area (Å²) in [5.41, 5.74) is 4.82. The summed E-state index contributed by atoms with van der Waals surface area (Å²) in [4.78, 5) is 17.3. The first-order valence-corrected chi connectivity index (χ1v) is 10.6. The fourth-order valence-electron chi connectivity index (χ4n) is 3.65. The molecule has 4 rings (SSSR count). The average molecular weight is 421 g/mol. The molecule has 1 aromatic heterocycles. The molecule has 0 bridgehead atoms. The van der Waals surface area contributed by atoms with Crippen molar-refractivity contribution in [3.8, 4) is 5.75 Å². The number of pyridine rings is 1. The largest absolute Gasteiger partial charge is 0.497 e. The number of aromatic nitrogens is 1. The minimum absolute atomic E-state index is 0.0145. The van der Waals surface area contributed by atoms with Crippen molar-refractivity contribution in [2.75, 3.05) is 12.4 Å². The van der Waals surface area contributed by atoms with Gasteiger partial charge in [-0.2, -0.15) is 0 Å². The van der Waals surface area contributed by atoms with E-state index in [0.29, 0.717) is 17.8 Å². The van der Waals surface area contributed by atoms with E-state index in [2.05, 4.69) is 24.1 Å². The zero-order valence-corrected chi connectivity index (χ0v) is 18.1. The predicted octanol–water partition coefficient (Wildman–Crippen LogP) is 4.79. The van der Waals surface area contributed by atoms with Crippen LogP contribution in [-0.4, -0.2) is 29.3 Å². The summed E-state index contributed by atoms with van der Waals surface area (Å²) in [6, 6.07) is 11.7. The SMILES string of the molecule is COc1ccc(CNc2c(C(=O)OC3CC3)cnc3cc(CO)c(C(C)C)cc23)cc1. The molecule has 0 amide bonds. The molecule has 0 unspecified atom stereocenters. The molecule has 1 aliphatic carbocycles. The molecule has 0 atom stereocenters. The van der Waals surface area contributed by atoms with Gasteiger partial charge in [0.1, 0.15) is 17.4 Å². The van der Waals surface area contributed by atoms with E-state index < -0.39 is 0 Å². The quantitative estimate of drug-likeness (QED) is 0.510. The minimum Gasteiger partial charge on any atom is -0.497 e. The molecule has 0 radical (unpaired) electrons. The molecule has 0 spiro atoms. The van der Waals surface area contributed by atoms with E-state index in [0.717, 1.165) is 46.2 Å². The Balaban J connectivity index is 1.76. The van der Waals surface area contributed by atoms with Crippen LogP contribution in [0, 0.1) is 0 Å². The average Bonchev–Trinajstić information content (AvgIpc) is 3.60. The summed E-state index contributed by atoms with van der Waals surface area (Å²) < 4.78 is 10.8. The van der Waals surface area contributed by atoms with Crippen LogP contribution < -0.4 is 10.1 Å². The first-order valence-electron chi connectivity index (χ1n) is 10.6. The zero-order valence-electron chi connectivity index (χ0n) is 18.1. The number of ether oxygens (including phenoxy) is 2. The van der Waals surface area contributed by atoms with Crippen molar-refractivity contribution in [2.24, 2.45) is 0 Å². The lowest BCUT2D eigenvalue weighted by Crippen LogP contribution is -2.12. The highest BCUT2D eigenvalue weighted by Gasteiger charge is 2.28. The molecular weight excluding hydrogens is 392 g/mol. The van der Waals surface area contributed by atoms with Crippen LogP contribution in [-0.2, 0) is 17.9 Å². The number of nitrogens with one attached hydrogen (secondary N) is 1. The van der Waals surface area contributed by atoms with Gasteiger partial charge >= 0.3 is 5.97 Å². The summed E-state index contributed by atoms with van der Waals surface area (Å²) in [6.45, 7) is 4.66. The maximum Gasteiger partial charge on any atom is 0.342 e. The molecule has 0 aliphatic heterocycles. The summed E-state index contributed by atoms with van der Waals surface area (Å²) in [5.74, 6) is 0.666. The summed E-state index contributed by atoms with van der Waals surface area (Å²) in [5, 5.41) is 14.1. The van der Waals surface area contributed by atoms with Crippen molar-refractivity contribution < 1.29 is 19.4 Å². The van der Waals surface area contributed by atoms with Crippen LogP contribution in [0.25, 0.3) is 10.9 Å². The number of hydrogen-bond donors (Lipinski definition) is 2. The normalized spacial score (nSPS) is 13.5. The third kappa shape index (κ3) is 4.64. The van der Waals surface area contributed by atoms with Crippen molar-refractivity contribution >= 4 is 22.6 Å². The Labute approximate surface area is 182 Å². The van der Waals surface area contributed by atoms with E-state index in [1.165, 1.54) is 0 Å². The van der Waals surface area contributed by atoms with Gasteiger partial charge in [-0.15, -0.1) is 0 Å². The Kier molecular flexibility index (Phi) is 6.09. The number of benzene rings is 2. The van der Waals surface area contributed by atoms with Crippen molar-refractivity contribution in [2.45, 2.75) is 51.9 Å². The van der Waals surface area contributed by atoms with Crippen LogP contribution >= 0.6 is 0 Å². The van der Waals surface area contributed by atoms with Crippen molar-refractivity contribution in [1.82, 2.24) is 4.98 Å². The predicted molar refractivity (Wildman–Crippen MR) is 121 cm³/mol. The Morgan fingerprint density at radius 2 is 1.97 bits per heavy atom. The number of methoxy groups -OCH3 is 1. The number of carbonyl (C=O) groups is 1. The number of anilines is 1. The number of fused-ring (bicyclic) bond motifs is 1. The van der Waals surface area contributed by atoms with Crippen LogP contribution in [0.1, 0.15) is 59.7 Å². The molecule has 2 N–H and O–H groups in total. The van der Waals surface area contributed by atoms with Gasteiger partial charge in [-0.05, 0) is 59.7 Å². The van der Waals surface area contributed by atoms with Gasteiger partial charge in [-0.25, -0.2) is 4.79 Å². The van der Waals surface area contributed by atoms with Crippen molar-refractivity contribution in [3.63, 3.8) is 0 Å². The van der Waals surface area contributed by atoms with E-state index in [4.69, 9.17) is 9.47 Å². The van der Waals surface area contributed by atoms with Gasteiger partial charge in [-0.3, -0.25) is 4.98 Å². The van der Waals surface area contributed by atoms with Crippen LogP contribution in [0.2, 0.25) is 0 Å². The number of aliphatic hydroxyl groups is 1. The van der Waals surface area contributed by atoms with Gasteiger partial charge in [-0.1, -0.05) is 26.0 Å². The highest BCUT2D eigenvalue weighted by atomic mass is 16.5. The molecule has 1 heterocycles. The second kappa shape index (κ2) is 8.94. The van der Waals surface area contributed by atoms with Gasteiger partial charge in [0.25, 0.3) is 0 Å². The monoisotopic (exact) mass is 420 g/mol. The van der Waals surface area contributed by atoms with Gasteiger partial charge in [0.2, 0.25) is 0 Å². The maximum absolute atomic E-state index is 12.8. The fraction of sp³-hybridized carbons (Fsp3) is 0.360. The van der Waals surface area contributed by atoms with Gasteiger partial charge in [0, 0.05) is 18.1 Å². The summed E-state index contributed by atoms with van der Waals surface area (Å²) in [6.07, 6.45) is 3.41. The number of carbonyl (C=O) groups excluding carboxylic acids is 1. The smallest absolute Gasteiger partial charge is 0.342 e. The topological polar surface area (TPSA) is 80.7 Å². The Hall–Kier alpha value is -3.12. The van der Waals surface area contributed by atoms with Gasteiger partial charge in [0.15, 0.2) is 0 Å². The van der Waals surface area contributed by atoms with E-state index in [9.17, 15) is 9.90 Å². The molecule has 2 aromatic carbocycles. The lowest BCUT2D eigenvalue weighted by Gasteiger charge is -2.18. The number of rotatable bonds is 8. The van der Waals surface area contributed by atoms with Crippen molar-refractivity contribution in [1.29, 1.82) is 0 Å². The third-order valence-corrected chi connectivity index (χ3v) is 5.57. The summed E-state index contributed by atoms with van der Waals surface area (Å²) >= 11 is 0. The second-order valence-corrected chi connectivity index (χ2v) is 8.23. The van der Waals surface area contributed by atoms with E-state index in [1.54, 1.807) is 13.3 Å². The Bertz CT molecular complexity index is 1090. The number of aliphatic hydroxyl groups excluding tert-OH is 1. The van der Waals surface area contributed by atoms with E-state index in [1.807, 2.05) is 36.4 Å². The van der Waals surface area contributed by atoms with E-state index in [-0.39, 0.29) is 24.6 Å². The fourth-order valence-corrected chi connectivity index (χ4v) is 3.65. The Morgan fingerprint density at radius 1 is 1.23 bits per heavy atom. The molecular formula is C25H28N2O4. The number of hydrogen-bond acceptors (Lipinski definition) is 6. The van der Waals surface area contributed by atoms with Gasteiger partial charge in [0.05, 0.1) is 24.9 Å². The highest BCUT2D eigenvalue weighted by molar-refractivity contribution is 6.05. The second-order valence-electron chi connectivity index (χ2n) is 8.23. The molecule has 1 aliphatic rings. The molecule has 162 valence electrons. The Morgan fingerprint density at radius 3 is 2.58 bits per heavy atom. The zero-order chi connectivity index (χ0) is 22.0. The lowest BCUT2D eigenvalue weighted by atomic mass is 9.94. The maximum atomic E-state index is 12.8. The molecule has 1 fully saturated rings. The molecule has 6 heteroatoms. The van der Waals surface area contributed by atoms with Crippen LogP contribution in [0.5, 0.6) is 5.75 Å². The van der Waals surface area contributed by atoms with E-state index >= 15 is 0 Å². The first kappa shape index (κ1) is 21.1. The van der Waals surface area contributed by atoms with Crippen LogP contribution in [0.4, 0.5) is 5.69 Å². The number of esters is 1. The minimum atomic E-state index is -0.355. The van der Waals surface area contributed by atoms with Crippen molar-refractivity contribution in [3.05, 3.63) is 64.8 Å². The first-order chi connectivity index (χ1) is 15.0. The molecule has 6 nitrogen and oxygen atoms in total. The molecule has 31 heavy (non-hydrogen) atoms. The summed E-state index contributed by atoms with van der Waals surface area (Å²) in [7, 11) is 1.64. The molecule has 3 aromatic rings. The highest BCUT2D eigenvalue weighted by Crippen LogP contribution is 2.34. The third-order valence-electron chi connectivity index (χ3n) is 5.57. The van der Waals surface area contributed by atoms with Crippen LogP contribution in [0.15, 0.2) is 42.6 Å². The standard InChI is InChI=1S/C25H28N2O4/c1-15(2)20-11-21-23(10-17(20)14-28)26-13-22(25(29)31-19-8-9-19)24(21)27-12-16-4-6-18(30-3)7-5-16/h4-7,10-11,13,15,19,28H,8-9,12,14H2,1-3H3,(H,26,27). The lowest BCUT2D eigenvalue weighted by molar-refractivity contribution is 0.0473.